The molecule has 102 valence electrons. The summed E-state index contributed by atoms with van der Waals surface area (Å²) in [5.41, 5.74) is 13.8. The van der Waals surface area contributed by atoms with Crippen LogP contribution < -0.4 is 11.5 Å². The maximum absolute atomic E-state index is 9.25. The summed E-state index contributed by atoms with van der Waals surface area (Å²) in [6.07, 6.45) is 3.88. The molecule has 4 N–H and O–H groups in total. The van der Waals surface area contributed by atoms with E-state index < -0.39 is 0 Å². The van der Waals surface area contributed by atoms with Gasteiger partial charge in [-0.05, 0) is 24.3 Å². The Morgan fingerprint density at radius 2 is 1.81 bits per heavy atom. The van der Waals surface area contributed by atoms with Crippen molar-refractivity contribution in [2.75, 3.05) is 11.5 Å². The van der Waals surface area contributed by atoms with Gasteiger partial charge in [-0.25, -0.2) is 4.98 Å². The number of nitrogens with two attached hydrogens (primary N) is 2. The number of hydrogen-bond donors (Lipinski definition) is 2. The second kappa shape index (κ2) is 4.98. The van der Waals surface area contributed by atoms with Crippen molar-refractivity contribution in [1.82, 2.24) is 14.5 Å². The van der Waals surface area contributed by atoms with Gasteiger partial charge in [-0.15, -0.1) is 0 Å². The molecule has 0 unspecified atom stereocenters. The minimum Gasteiger partial charge on any atom is -0.382 e. The van der Waals surface area contributed by atoms with Crippen molar-refractivity contribution in [3.05, 3.63) is 54.4 Å². The van der Waals surface area contributed by atoms with Crippen LogP contribution in [0.15, 0.2) is 48.8 Å². The molecule has 0 fully saturated rings. The van der Waals surface area contributed by atoms with Gasteiger partial charge in [0.05, 0.1) is 5.69 Å². The van der Waals surface area contributed by atoms with Crippen LogP contribution in [0.25, 0.3) is 16.9 Å². The Balaban J connectivity index is 2.18. The Morgan fingerprint density at radius 1 is 1.05 bits per heavy atom. The van der Waals surface area contributed by atoms with Crippen molar-refractivity contribution in [3.63, 3.8) is 0 Å². The van der Waals surface area contributed by atoms with Crippen LogP contribution in [-0.2, 0) is 0 Å². The molecule has 0 atom stereocenters. The zero-order valence-electron chi connectivity index (χ0n) is 11.1. The second-order valence-electron chi connectivity index (χ2n) is 4.44. The van der Waals surface area contributed by atoms with Crippen molar-refractivity contribution in [1.29, 1.82) is 5.26 Å². The summed E-state index contributed by atoms with van der Waals surface area (Å²) in [6.45, 7) is 0. The lowest BCUT2D eigenvalue weighted by Crippen LogP contribution is -2.05. The third-order valence-electron chi connectivity index (χ3n) is 3.09. The number of benzene rings is 1. The van der Waals surface area contributed by atoms with Crippen molar-refractivity contribution in [2.45, 2.75) is 0 Å². The molecule has 0 aliphatic rings. The van der Waals surface area contributed by atoms with Crippen LogP contribution in [0.1, 0.15) is 5.56 Å². The first-order chi connectivity index (χ1) is 10.2. The Labute approximate surface area is 121 Å². The number of nitriles is 1. The van der Waals surface area contributed by atoms with Gasteiger partial charge in [-0.3, -0.25) is 0 Å². The van der Waals surface area contributed by atoms with Crippen LogP contribution in [0.2, 0.25) is 0 Å². The van der Waals surface area contributed by atoms with Crippen LogP contribution >= 0.6 is 0 Å². The van der Waals surface area contributed by atoms with E-state index in [2.05, 4.69) is 9.97 Å². The first-order valence-corrected chi connectivity index (χ1v) is 6.26. The molecule has 0 aliphatic carbocycles. The molecule has 6 nitrogen and oxygen atoms in total. The molecule has 0 saturated carbocycles. The predicted octanol–water partition coefficient (Wildman–Crippen LogP) is 1.97. The molecule has 0 aliphatic heterocycles. The molecule has 0 amide bonds. The number of anilines is 2. The van der Waals surface area contributed by atoms with E-state index in [0.29, 0.717) is 5.69 Å². The van der Waals surface area contributed by atoms with Gasteiger partial charge in [0.2, 0.25) is 5.95 Å². The highest BCUT2D eigenvalue weighted by Gasteiger charge is 2.13. The Hall–Kier alpha value is -3.33. The van der Waals surface area contributed by atoms with E-state index >= 15 is 0 Å². The molecular formula is C15H12N6. The molecular weight excluding hydrogens is 264 g/mol. The van der Waals surface area contributed by atoms with Crippen LogP contribution in [0.3, 0.4) is 0 Å². The highest BCUT2D eigenvalue weighted by atomic mass is 15.0. The minimum atomic E-state index is 0.0490. The van der Waals surface area contributed by atoms with Crippen molar-refractivity contribution in [3.8, 4) is 23.0 Å². The molecule has 0 radical (unpaired) electrons. The average molecular weight is 276 g/mol. The zero-order valence-corrected chi connectivity index (χ0v) is 11.1. The summed E-state index contributed by atoms with van der Waals surface area (Å²) in [4.78, 5) is 7.97. The van der Waals surface area contributed by atoms with E-state index in [0.717, 1.165) is 11.3 Å². The topological polar surface area (TPSA) is 107 Å². The Kier molecular flexibility index (Phi) is 3.01. The number of nitrogens with zero attached hydrogens (tertiary/aromatic N) is 4. The van der Waals surface area contributed by atoms with Crippen LogP contribution in [-0.4, -0.2) is 14.5 Å². The SMILES string of the molecule is N#Cc1c(N)nc(N)nc1-c1cccc(-n2cccc2)c1. The number of rotatable bonds is 2. The molecule has 3 rings (SSSR count). The smallest absolute Gasteiger partial charge is 0.222 e. The molecule has 6 heteroatoms. The van der Waals surface area contributed by atoms with E-state index in [-0.39, 0.29) is 17.3 Å². The van der Waals surface area contributed by atoms with Crippen molar-refractivity contribution in [2.24, 2.45) is 0 Å². The Bertz CT molecular complexity index is 830. The Morgan fingerprint density at radius 3 is 2.52 bits per heavy atom. The molecule has 1 aromatic carbocycles. The highest BCUT2D eigenvalue weighted by molar-refractivity contribution is 5.74. The fourth-order valence-electron chi connectivity index (χ4n) is 2.14. The van der Waals surface area contributed by atoms with Crippen molar-refractivity contribution >= 4 is 11.8 Å². The zero-order chi connectivity index (χ0) is 14.8. The molecule has 0 bridgehead atoms. The minimum absolute atomic E-state index is 0.0490. The van der Waals surface area contributed by atoms with Crippen LogP contribution in [0, 0.1) is 11.3 Å². The van der Waals surface area contributed by atoms with Gasteiger partial charge in [0, 0.05) is 23.6 Å². The largest absolute Gasteiger partial charge is 0.382 e. The van der Waals surface area contributed by atoms with Gasteiger partial charge in [0.25, 0.3) is 0 Å². The van der Waals surface area contributed by atoms with E-state index in [9.17, 15) is 5.26 Å². The summed E-state index contributed by atoms with van der Waals surface area (Å²) >= 11 is 0. The van der Waals surface area contributed by atoms with E-state index in [1.807, 2.05) is 59.4 Å². The monoisotopic (exact) mass is 276 g/mol. The quantitative estimate of drug-likeness (QED) is 0.744. The normalized spacial score (nSPS) is 10.2. The average Bonchev–Trinajstić information content (AvgIpc) is 3.01. The highest BCUT2D eigenvalue weighted by Crippen LogP contribution is 2.26. The number of aromatic nitrogens is 3. The molecule has 0 spiro atoms. The van der Waals surface area contributed by atoms with Gasteiger partial charge in [0.15, 0.2) is 0 Å². The van der Waals surface area contributed by atoms with Gasteiger partial charge < -0.3 is 16.0 Å². The molecule has 2 heterocycles. The summed E-state index contributed by atoms with van der Waals surface area (Å²) in [7, 11) is 0. The van der Waals surface area contributed by atoms with Gasteiger partial charge in [-0.1, -0.05) is 12.1 Å². The van der Waals surface area contributed by atoms with Gasteiger partial charge in [-0.2, -0.15) is 10.2 Å². The van der Waals surface area contributed by atoms with Gasteiger partial charge in [0.1, 0.15) is 17.5 Å². The van der Waals surface area contributed by atoms with E-state index in [1.54, 1.807) is 0 Å². The maximum Gasteiger partial charge on any atom is 0.222 e. The lowest BCUT2D eigenvalue weighted by atomic mass is 10.1. The lowest BCUT2D eigenvalue weighted by molar-refractivity contribution is 1.08. The standard InChI is InChI=1S/C15H12N6/c16-9-12-13(19-15(18)20-14(12)17)10-4-3-5-11(8-10)21-6-1-2-7-21/h1-8H,(H4,17,18,19,20). The third-order valence-corrected chi connectivity index (χ3v) is 3.09. The first kappa shape index (κ1) is 12.7. The predicted molar refractivity (Wildman–Crippen MR) is 80.3 cm³/mol. The maximum atomic E-state index is 9.25. The van der Waals surface area contributed by atoms with Gasteiger partial charge >= 0.3 is 0 Å². The summed E-state index contributed by atoms with van der Waals surface area (Å²) in [6, 6.07) is 13.5. The summed E-state index contributed by atoms with van der Waals surface area (Å²) in [5, 5.41) is 9.25. The molecule has 0 saturated heterocycles. The van der Waals surface area contributed by atoms with E-state index in [4.69, 9.17) is 11.5 Å². The molecule has 3 aromatic rings. The molecule has 2 aromatic heterocycles. The third kappa shape index (κ3) is 2.28. The molecule has 21 heavy (non-hydrogen) atoms. The van der Waals surface area contributed by atoms with E-state index in [1.165, 1.54) is 0 Å². The lowest BCUT2D eigenvalue weighted by Gasteiger charge is -2.09. The number of hydrogen-bond acceptors (Lipinski definition) is 5. The second-order valence-corrected chi connectivity index (χ2v) is 4.44. The summed E-state index contributed by atoms with van der Waals surface area (Å²) in [5.74, 6) is 0.138. The fourth-order valence-corrected chi connectivity index (χ4v) is 2.14. The summed E-state index contributed by atoms with van der Waals surface area (Å²) < 4.78 is 1.96. The van der Waals surface area contributed by atoms with Crippen LogP contribution in [0.5, 0.6) is 0 Å². The first-order valence-electron chi connectivity index (χ1n) is 6.26. The number of nitrogen functional groups attached to an aromatic ring is 2. The van der Waals surface area contributed by atoms with Crippen molar-refractivity contribution < 1.29 is 0 Å². The fraction of sp³-hybridized carbons (Fsp3) is 0. The van der Waals surface area contributed by atoms with Crippen LogP contribution in [0.4, 0.5) is 11.8 Å².